The second-order valence-electron chi connectivity index (χ2n) is 5.41. The Morgan fingerprint density at radius 2 is 1.80 bits per heavy atom. The number of hydrogen-bond donors (Lipinski definition) is 1. The number of carbonyl (C=O) groups is 2. The summed E-state index contributed by atoms with van der Waals surface area (Å²) >= 11 is 0. The maximum atomic E-state index is 11.9. The quantitative estimate of drug-likeness (QED) is 0.523. The van der Waals surface area contributed by atoms with Gasteiger partial charge in [-0.05, 0) is 39.8 Å². The number of para-hydroxylation sites is 1. The normalized spacial score (nSPS) is 10.8. The number of aromatic hydroxyl groups is 1. The average molecular weight is 278 g/mol. The molecule has 20 heavy (non-hydrogen) atoms. The van der Waals surface area contributed by atoms with Gasteiger partial charge in [-0.15, -0.1) is 0 Å². The van der Waals surface area contributed by atoms with Gasteiger partial charge >= 0.3 is 11.9 Å². The number of ether oxygens (including phenoxy) is 2. The smallest absolute Gasteiger partial charge is 0.338 e. The van der Waals surface area contributed by atoms with Crippen molar-refractivity contribution in [2.75, 3.05) is 0 Å². The zero-order valence-corrected chi connectivity index (χ0v) is 12.0. The van der Waals surface area contributed by atoms with Crippen molar-refractivity contribution >= 4 is 11.9 Å². The van der Waals surface area contributed by atoms with Crippen molar-refractivity contribution in [3.8, 4) is 17.2 Å². The summed E-state index contributed by atoms with van der Waals surface area (Å²) < 4.78 is 10.2. The first kappa shape index (κ1) is 15.8. The van der Waals surface area contributed by atoms with E-state index >= 15 is 0 Å². The number of hydrogen-bond acceptors (Lipinski definition) is 5. The van der Waals surface area contributed by atoms with Crippen LogP contribution in [0.15, 0.2) is 30.4 Å². The zero-order chi connectivity index (χ0) is 15.5. The second-order valence-corrected chi connectivity index (χ2v) is 5.41. The van der Waals surface area contributed by atoms with E-state index in [9.17, 15) is 14.7 Å². The van der Waals surface area contributed by atoms with Gasteiger partial charge in [0.25, 0.3) is 0 Å². The minimum Gasteiger partial charge on any atom is -0.504 e. The molecular formula is C15H18O5. The van der Waals surface area contributed by atoms with E-state index in [1.807, 2.05) is 0 Å². The highest BCUT2D eigenvalue weighted by Gasteiger charge is 2.26. The predicted octanol–water partition coefficient (Wildman–Crippen LogP) is 2.83. The molecule has 0 aromatic heterocycles. The molecule has 1 aromatic carbocycles. The predicted molar refractivity (Wildman–Crippen MR) is 73.6 cm³/mol. The van der Waals surface area contributed by atoms with Gasteiger partial charge in [-0.1, -0.05) is 12.6 Å². The first-order valence-electron chi connectivity index (χ1n) is 6.05. The third-order valence-electron chi connectivity index (χ3n) is 2.32. The van der Waals surface area contributed by atoms with E-state index in [1.54, 1.807) is 20.8 Å². The first-order chi connectivity index (χ1) is 9.12. The standard InChI is InChI=1S/C15H18O5/c1-9(2)13(17)20-12-10(16)7-6-8-11(12)19-14(18)15(3,4)5/h6-8,16H,1H2,2-5H3. The van der Waals surface area contributed by atoms with Crippen molar-refractivity contribution < 1.29 is 24.2 Å². The van der Waals surface area contributed by atoms with Crippen LogP contribution < -0.4 is 9.47 Å². The summed E-state index contributed by atoms with van der Waals surface area (Å²) in [4.78, 5) is 23.4. The molecule has 1 N–H and O–H groups in total. The zero-order valence-electron chi connectivity index (χ0n) is 12.0. The number of phenols is 1. The fourth-order valence-corrected chi connectivity index (χ4v) is 1.12. The fraction of sp³-hybridized carbons (Fsp3) is 0.333. The lowest BCUT2D eigenvalue weighted by Gasteiger charge is -2.18. The Bertz CT molecular complexity index is 552. The molecular weight excluding hydrogens is 260 g/mol. The molecule has 0 amide bonds. The largest absolute Gasteiger partial charge is 0.504 e. The topological polar surface area (TPSA) is 72.8 Å². The van der Waals surface area contributed by atoms with Gasteiger partial charge < -0.3 is 14.6 Å². The van der Waals surface area contributed by atoms with E-state index in [0.717, 1.165) is 0 Å². The van der Waals surface area contributed by atoms with Crippen molar-refractivity contribution in [1.29, 1.82) is 0 Å². The van der Waals surface area contributed by atoms with Crippen LogP contribution in [-0.4, -0.2) is 17.0 Å². The lowest BCUT2D eigenvalue weighted by molar-refractivity contribution is -0.143. The van der Waals surface area contributed by atoms with Crippen molar-refractivity contribution in [3.63, 3.8) is 0 Å². The Labute approximate surface area is 117 Å². The Morgan fingerprint density at radius 3 is 2.30 bits per heavy atom. The molecule has 0 spiro atoms. The van der Waals surface area contributed by atoms with Crippen molar-refractivity contribution in [1.82, 2.24) is 0 Å². The minimum absolute atomic E-state index is 0.0143. The fourth-order valence-electron chi connectivity index (χ4n) is 1.12. The highest BCUT2D eigenvalue weighted by Crippen LogP contribution is 2.37. The van der Waals surface area contributed by atoms with E-state index in [0.29, 0.717) is 0 Å². The van der Waals surface area contributed by atoms with Gasteiger partial charge in [0.05, 0.1) is 5.41 Å². The highest BCUT2D eigenvalue weighted by molar-refractivity contribution is 5.90. The van der Waals surface area contributed by atoms with Crippen LogP contribution in [-0.2, 0) is 9.59 Å². The third-order valence-corrected chi connectivity index (χ3v) is 2.32. The molecule has 0 atom stereocenters. The molecule has 0 aliphatic heterocycles. The van der Waals surface area contributed by atoms with E-state index in [2.05, 4.69) is 6.58 Å². The molecule has 0 unspecified atom stereocenters. The Kier molecular flexibility index (Phi) is 4.55. The van der Waals surface area contributed by atoms with Crippen LogP contribution in [0.3, 0.4) is 0 Å². The van der Waals surface area contributed by atoms with Gasteiger partial charge in [-0.25, -0.2) is 4.79 Å². The van der Waals surface area contributed by atoms with Crippen molar-refractivity contribution in [3.05, 3.63) is 30.4 Å². The maximum absolute atomic E-state index is 11.9. The molecule has 0 bridgehead atoms. The molecule has 0 fully saturated rings. The van der Waals surface area contributed by atoms with Crippen molar-refractivity contribution in [2.45, 2.75) is 27.7 Å². The van der Waals surface area contributed by atoms with E-state index in [-0.39, 0.29) is 22.8 Å². The van der Waals surface area contributed by atoms with Gasteiger partial charge in [-0.2, -0.15) is 0 Å². The summed E-state index contributed by atoms with van der Waals surface area (Å²) in [7, 11) is 0. The average Bonchev–Trinajstić information content (AvgIpc) is 2.31. The van der Waals surface area contributed by atoms with Crippen LogP contribution in [0.2, 0.25) is 0 Å². The summed E-state index contributed by atoms with van der Waals surface area (Å²) in [5.41, 5.74) is -0.553. The Morgan fingerprint density at radius 1 is 1.20 bits per heavy atom. The van der Waals surface area contributed by atoms with Crippen LogP contribution in [0.5, 0.6) is 17.2 Å². The molecule has 5 nitrogen and oxygen atoms in total. The van der Waals surface area contributed by atoms with Gasteiger partial charge in [0, 0.05) is 5.57 Å². The number of phenolic OH excluding ortho intramolecular Hbond substituents is 1. The van der Waals surface area contributed by atoms with Crippen LogP contribution in [0, 0.1) is 5.41 Å². The summed E-state index contributed by atoms with van der Waals surface area (Å²) in [5.74, 6) is -1.72. The molecule has 108 valence electrons. The Hall–Kier alpha value is -2.30. The lowest BCUT2D eigenvalue weighted by Crippen LogP contribution is -2.26. The van der Waals surface area contributed by atoms with E-state index < -0.39 is 17.4 Å². The second kappa shape index (κ2) is 5.77. The summed E-state index contributed by atoms with van der Waals surface area (Å²) in [5, 5.41) is 9.74. The van der Waals surface area contributed by atoms with Gasteiger partial charge in [0.2, 0.25) is 5.75 Å². The van der Waals surface area contributed by atoms with Crippen LogP contribution in [0.4, 0.5) is 0 Å². The van der Waals surface area contributed by atoms with Crippen LogP contribution in [0.1, 0.15) is 27.7 Å². The molecule has 1 aromatic rings. The highest BCUT2D eigenvalue weighted by atomic mass is 16.6. The van der Waals surface area contributed by atoms with Crippen LogP contribution in [0.25, 0.3) is 0 Å². The van der Waals surface area contributed by atoms with Gasteiger partial charge in [0.1, 0.15) is 0 Å². The molecule has 0 heterocycles. The molecule has 0 aliphatic carbocycles. The molecule has 0 aliphatic rings. The molecule has 0 saturated heterocycles. The summed E-state index contributed by atoms with van der Waals surface area (Å²) in [6.07, 6.45) is 0. The minimum atomic E-state index is -0.721. The van der Waals surface area contributed by atoms with Gasteiger partial charge in [-0.3, -0.25) is 4.79 Å². The molecule has 0 radical (unpaired) electrons. The van der Waals surface area contributed by atoms with Crippen LogP contribution >= 0.6 is 0 Å². The van der Waals surface area contributed by atoms with E-state index in [1.165, 1.54) is 25.1 Å². The molecule has 5 heteroatoms. The molecule has 1 rings (SSSR count). The first-order valence-corrected chi connectivity index (χ1v) is 6.05. The van der Waals surface area contributed by atoms with Crippen molar-refractivity contribution in [2.24, 2.45) is 5.41 Å². The monoisotopic (exact) mass is 278 g/mol. The van der Waals surface area contributed by atoms with Gasteiger partial charge in [0.15, 0.2) is 11.5 Å². The molecule has 0 saturated carbocycles. The van der Waals surface area contributed by atoms with E-state index in [4.69, 9.17) is 9.47 Å². The summed E-state index contributed by atoms with van der Waals surface area (Å²) in [6, 6.07) is 4.25. The third kappa shape index (κ3) is 3.85. The number of rotatable bonds is 3. The maximum Gasteiger partial charge on any atom is 0.338 e. The number of esters is 2. The number of carbonyl (C=O) groups excluding carboxylic acids is 2. The Balaban J connectivity index is 3.09. The SMILES string of the molecule is C=C(C)C(=O)Oc1c(O)cccc1OC(=O)C(C)(C)C. The number of benzene rings is 1. The summed E-state index contributed by atoms with van der Waals surface area (Å²) in [6.45, 7) is 10.00. The lowest BCUT2D eigenvalue weighted by atomic mass is 9.97.